The molecule has 27 heavy (non-hydrogen) atoms. The van der Waals surface area contributed by atoms with E-state index in [1.165, 1.54) is 9.79 Å². The lowest BCUT2D eigenvalue weighted by molar-refractivity contribution is 1.31. The van der Waals surface area contributed by atoms with Gasteiger partial charge in [-0.3, -0.25) is 4.99 Å². The number of benzene rings is 2. The summed E-state index contributed by atoms with van der Waals surface area (Å²) in [6.07, 6.45) is 2.08. The standard InChI is InChI=1S/C21H26N2S4/c1-16(22-18-7-3-5-9-20(18)26-13-11-24)15-17(2)23-19-8-4-6-10-21(19)27-14-12-25/h3-10,15,22,24-25H,11-14H2,1-2H3/b16-15-,23-17?. The van der Waals surface area contributed by atoms with Gasteiger partial charge in [-0.05, 0) is 55.7 Å². The van der Waals surface area contributed by atoms with Crippen LogP contribution in [0.2, 0.25) is 0 Å². The number of thiol groups is 2. The molecule has 0 heterocycles. The molecule has 0 amide bonds. The van der Waals surface area contributed by atoms with E-state index >= 15 is 0 Å². The van der Waals surface area contributed by atoms with Crippen molar-refractivity contribution in [3.8, 4) is 0 Å². The van der Waals surface area contributed by atoms with Gasteiger partial charge in [0.25, 0.3) is 0 Å². The molecule has 2 aromatic rings. The topological polar surface area (TPSA) is 24.4 Å². The summed E-state index contributed by atoms with van der Waals surface area (Å²) in [6, 6.07) is 16.6. The Morgan fingerprint density at radius 2 is 1.52 bits per heavy atom. The summed E-state index contributed by atoms with van der Waals surface area (Å²) in [5.74, 6) is 3.69. The lowest BCUT2D eigenvalue weighted by Gasteiger charge is -2.12. The zero-order valence-electron chi connectivity index (χ0n) is 15.7. The number of nitrogens with one attached hydrogen (secondary N) is 1. The minimum Gasteiger partial charge on any atom is -0.358 e. The smallest absolute Gasteiger partial charge is 0.0768 e. The average molecular weight is 435 g/mol. The van der Waals surface area contributed by atoms with Crippen molar-refractivity contribution < 1.29 is 0 Å². The molecule has 0 bridgehead atoms. The Morgan fingerprint density at radius 3 is 2.22 bits per heavy atom. The summed E-state index contributed by atoms with van der Waals surface area (Å²) in [5.41, 5.74) is 4.17. The normalized spacial score (nSPS) is 12.3. The number of hydrogen-bond donors (Lipinski definition) is 3. The van der Waals surface area contributed by atoms with Crippen LogP contribution in [0.4, 0.5) is 11.4 Å². The molecular formula is C21H26N2S4. The molecule has 6 heteroatoms. The van der Waals surface area contributed by atoms with Gasteiger partial charge in [-0.1, -0.05) is 24.3 Å². The van der Waals surface area contributed by atoms with E-state index in [9.17, 15) is 0 Å². The number of hydrogen-bond acceptors (Lipinski definition) is 6. The van der Waals surface area contributed by atoms with Crippen LogP contribution in [0.5, 0.6) is 0 Å². The predicted octanol–water partition coefficient (Wildman–Crippen LogP) is 6.84. The number of anilines is 1. The monoisotopic (exact) mass is 434 g/mol. The highest BCUT2D eigenvalue weighted by Gasteiger charge is 2.04. The van der Waals surface area contributed by atoms with Crippen LogP contribution in [0.15, 0.2) is 75.1 Å². The first kappa shape index (κ1) is 22.3. The van der Waals surface area contributed by atoms with E-state index in [0.717, 1.165) is 45.8 Å². The van der Waals surface area contributed by atoms with E-state index in [1.54, 1.807) is 11.8 Å². The van der Waals surface area contributed by atoms with Gasteiger partial charge in [-0.15, -0.1) is 23.5 Å². The molecule has 0 saturated heterocycles. The molecule has 144 valence electrons. The second kappa shape index (κ2) is 12.5. The van der Waals surface area contributed by atoms with Gasteiger partial charge in [0.2, 0.25) is 0 Å². The molecule has 0 saturated carbocycles. The highest BCUT2D eigenvalue weighted by molar-refractivity contribution is 8.00. The summed E-state index contributed by atoms with van der Waals surface area (Å²) in [7, 11) is 0. The van der Waals surface area contributed by atoms with E-state index in [-0.39, 0.29) is 0 Å². The van der Waals surface area contributed by atoms with E-state index in [4.69, 9.17) is 4.99 Å². The summed E-state index contributed by atoms with van der Waals surface area (Å²) < 4.78 is 0. The van der Waals surface area contributed by atoms with E-state index < -0.39 is 0 Å². The molecule has 2 nitrogen and oxygen atoms in total. The maximum absolute atomic E-state index is 4.80. The van der Waals surface area contributed by atoms with Gasteiger partial charge in [0.1, 0.15) is 0 Å². The summed E-state index contributed by atoms with van der Waals surface area (Å²) in [5, 5.41) is 3.50. The van der Waals surface area contributed by atoms with Crippen LogP contribution in [0.1, 0.15) is 13.8 Å². The van der Waals surface area contributed by atoms with E-state index in [1.807, 2.05) is 24.8 Å². The minimum atomic E-state index is 0.856. The van der Waals surface area contributed by atoms with E-state index in [0.29, 0.717) is 0 Å². The Balaban J connectivity index is 2.13. The Bertz CT molecular complexity index is 787. The summed E-state index contributed by atoms with van der Waals surface area (Å²) in [6.45, 7) is 4.10. The lowest BCUT2D eigenvalue weighted by Crippen LogP contribution is -2.00. The molecule has 0 aliphatic carbocycles. The van der Waals surface area contributed by atoms with Gasteiger partial charge in [0.05, 0.1) is 11.4 Å². The van der Waals surface area contributed by atoms with Gasteiger partial charge >= 0.3 is 0 Å². The van der Waals surface area contributed by atoms with E-state index in [2.05, 4.69) is 86.0 Å². The number of rotatable bonds is 10. The Hall–Kier alpha value is -0.950. The van der Waals surface area contributed by atoms with Crippen LogP contribution in [0.3, 0.4) is 0 Å². The first-order valence-corrected chi connectivity index (χ1v) is 12.0. The van der Waals surface area contributed by atoms with Crippen molar-refractivity contribution in [1.29, 1.82) is 0 Å². The number of thioether (sulfide) groups is 2. The summed E-state index contributed by atoms with van der Waals surface area (Å²) >= 11 is 12.2. The molecule has 2 rings (SSSR count). The van der Waals surface area contributed by atoms with Crippen molar-refractivity contribution in [1.82, 2.24) is 0 Å². The molecule has 0 aliphatic rings. The van der Waals surface area contributed by atoms with Crippen molar-refractivity contribution in [3.05, 3.63) is 60.3 Å². The fourth-order valence-corrected chi connectivity index (χ4v) is 4.52. The van der Waals surface area contributed by atoms with Crippen LogP contribution in [0.25, 0.3) is 0 Å². The number of para-hydroxylation sites is 2. The van der Waals surface area contributed by atoms with Crippen LogP contribution >= 0.6 is 48.8 Å². The SMILES string of the molecule is CC(/C=C(/C)Nc1ccccc1SCCS)=Nc1ccccc1SCCS. The third kappa shape index (κ3) is 7.90. The highest BCUT2D eigenvalue weighted by atomic mass is 32.2. The molecule has 0 atom stereocenters. The molecule has 2 aromatic carbocycles. The Labute approximate surface area is 182 Å². The molecule has 0 unspecified atom stereocenters. The number of nitrogens with zero attached hydrogens (tertiary/aromatic N) is 1. The average Bonchev–Trinajstić information content (AvgIpc) is 2.66. The largest absolute Gasteiger partial charge is 0.358 e. The van der Waals surface area contributed by atoms with Crippen molar-refractivity contribution in [2.45, 2.75) is 23.6 Å². The van der Waals surface area contributed by atoms with Crippen LogP contribution in [0, 0.1) is 0 Å². The van der Waals surface area contributed by atoms with Crippen LogP contribution in [-0.2, 0) is 0 Å². The Kier molecular flexibility index (Phi) is 10.3. The lowest BCUT2D eigenvalue weighted by atomic mass is 10.2. The van der Waals surface area contributed by atoms with Crippen molar-refractivity contribution in [2.75, 3.05) is 28.3 Å². The third-order valence-electron chi connectivity index (χ3n) is 3.50. The van der Waals surface area contributed by atoms with Gasteiger partial charge in [0.15, 0.2) is 0 Å². The van der Waals surface area contributed by atoms with Crippen molar-refractivity contribution in [2.24, 2.45) is 4.99 Å². The first-order chi connectivity index (χ1) is 13.1. The van der Waals surface area contributed by atoms with Gasteiger partial charge in [0, 0.05) is 32.7 Å². The van der Waals surface area contributed by atoms with Crippen LogP contribution in [-0.4, -0.2) is 28.7 Å². The van der Waals surface area contributed by atoms with Gasteiger partial charge in [-0.25, -0.2) is 0 Å². The minimum absolute atomic E-state index is 0.856. The quantitative estimate of drug-likeness (QED) is 0.217. The zero-order chi connectivity index (χ0) is 19.5. The van der Waals surface area contributed by atoms with Gasteiger partial charge < -0.3 is 5.32 Å². The maximum atomic E-state index is 4.80. The second-order valence-electron chi connectivity index (χ2n) is 5.81. The molecular weight excluding hydrogens is 409 g/mol. The maximum Gasteiger partial charge on any atom is 0.0768 e. The highest BCUT2D eigenvalue weighted by Crippen LogP contribution is 2.30. The first-order valence-electron chi connectivity index (χ1n) is 8.80. The van der Waals surface area contributed by atoms with Gasteiger partial charge in [-0.2, -0.15) is 25.3 Å². The van der Waals surface area contributed by atoms with Crippen molar-refractivity contribution >= 4 is 65.9 Å². The zero-order valence-corrected chi connectivity index (χ0v) is 19.1. The second-order valence-corrected chi connectivity index (χ2v) is 8.98. The molecule has 0 spiro atoms. The third-order valence-corrected chi connectivity index (χ3v) is 6.70. The molecule has 1 N–H and O–H groups in total. The number of aliphatic imine (C=N–C) groups is 1. The fraction of sp³-hybridized carbons (Fsp3) is 0.286. The molecule has 0 radical (unpaired) electrons. The molecule has 0 fully saturated rings. The summed E-state index contributed by atoms with van der Waals surface area (Å²) in [4.78, 5) is 7.24. The molecule has 0 aromatic heterocycles. The van der Waals surface area contributed by atoms with Crippen LogP contribution < -0.4 is 5.32 Å². The number of allylic oxidation sites excluding steroid dienone is 2. The predicted molar refractivity (Wildman–Crippen MR) is 132 cm³/mol. The molecule has 0 aliphatic heterocycles. The van der Waals surface area contributed by atoms with Crippen molar-refractivity contribution in [3.63, 3.8) is 0 Å². The fourth-order valence-electron chi connectivity index (χ4n) is 2.46. The Morgan fingerprint density at radius 1 is 0.926 bits per heavy atom.